The minimum Gasteiger partial charge on any atom is -0.454 e. The maximum absolute atomic E-state index is 14.3. The van der Waals surface area contributed by atoms with Crippen molar-refractivity contribution in [3.63, 3.8) is 0 Å². The Balaban J connectivity index is 1.73. The standard InChI is InChI=1S/C18H16BrFN2O4/c19-12-2-4-13(5-3-12)26-15-6-1-11(9-14(15)20)18(24)22-7-8-25-16(10-22)17(21)23/h1-6,9,16H,7-8,10H2,(H2,21,23). The van der Waals surface area contributed by atoms with E-state index in [-0.39, 0.29) is 24.5 Å². The number of carbonyl (C=O) groups is 2. The Morgan fingerprint density at radius 2 is 1.96 bits per heavy atom. The first kappa shape index (κ1) is 18.3. The van der Waals surface area contributed by atoms with E-state index in [2.05, 4.69) is 15.9 Å². The first-order valence-electron chi connectivity index (χ1n) is 7.87. The third-order valence-electron chi connectivity index (χ3n) is 3.89. The highest BCUT2D eigenvalue weighted by atomic mass is 79.9. The highest BCUT2D eigenvalue weighted by Crippen LogP contribution is 2.27. The average molecular weight is 423 g/mol. The maximum Gasteiger partial charge on any atom is 0.254 e. The van der Waals surface area contributed by atoms with Crippen molar-refractivity contribution in [1.82, 2.24) is 4.90 Å². The number of nitrogens with two attached hydrogens (primary N) is 1. The number of hydrogen-bond acceptors (Lipinski definition) is 4. The molecule has 1 heterocycles. The number of halogens is 2. The van der Waals surface area contributed by atoms with Crippen molar-refractivity contribution in [2.45, 2.75) is 6.10 Å². The van der Waals surface area contributed by atoms with Crippen LogP contribution in [0.2, 0.25) is 0 Å². The summed E-state index contributed by atoms with van der Waals surface area (Å²) in [5.74, 6) is -1.19. The van der Waals surface area contributed by atoms with Crippen LogP contribution in [-0.4, -0.2) is 42.5 Å². The summed E-state index contributed by atoms with van der Waals surface area (Å²) in [7, 11) is 0. The first-order valence-corrected chi connectivity index (χ1v) is 8.66. The summed E-state index contributed by atoms with van der Waals surface area (Å²) in [4.78, 5) is 25.2. The second-order valence-corrected chi connectivity index (χ2v) is 6.63. The second kappa shape index (κ2) is 7.84. The molecule has 1 unspecified atom stereocenters. The van der Waals surface area contributed by atoms with Gasteiger partial charge in [0.05, 0.1) is 13.2 Å². The Hall–Kier alpha value is -2.45. The van der Waals surface area contributed by atoms with E-state index in [9.17, 15) is 14.0 Å². The van der Waals surface area contributed by atoms with Crippen molar-refractivity contribution in [3.05, 3.63) is 58.3 Å². The summed E-state index contributed by atoms with van der Waals surface area (Å²) >= 11 is 3.31. The number of amides is 2. The van der Waals surface area contributed by atoms with Crippen LogP contribution in [0, 0.1) is 5.82 Å². The van der Waals surface area contributed by atoms with Crippen LogP contribution in [0.15, 0.2) is 46.9 Å². The van der Waals surface area contributed by atoms with Crippen LogP contribution in [0.4, 0.5) is 4.39 Å². The fraction of sp³-hybridized carbons (Fsp3) is 0.222. The molecule has 6 nitrogen and oxygen atoms in total. The van der Waals surface area contributed by atoms with Gasteiger partial charge in [-0.15, -0.1) is 0 Å². The van der Waals surface area contributed by atoms with Gasteiger partial charge >= 0.3 is 0 Å². The number of rotatable bonds is 4. The molecule has 0 saturated carbocycles. The topological polar surface area (TPSA) is 81.9 Å². The van der Waals surface area contributed by atoms with Crippen molar-refractivity contribution < 1.29 is 23.5 Å². The van der Waals surface area contributed by atoms with E-state index in [1.54, 1.807) is 24.3 Å². The van der Waals surface area contributed by atoms with Gasteiger partial charge in [0.1, 0.15) is 5.75 Å². The third-order valence-corrected chi connectivity index (χ3v) is 4.42. The zero-order chi connectivity index (χ0) is 18.7. The van der Waals surface area contributed by atoms with Gasteiger partial charge in [0.15, 0.2) is 17.7 Å². The number of ether oxygens (including phenoxy) is 2. The summed E-state index contributed by atoms with van der Waals surface area (Å²) in [5, 5.41) is 0. The van der Waals surface area contributed by atoms with E-state index in [4.69, 9.17) is 15.2 Å². The first-order chi connectivity index (χ1) is 12.4. The predicted molar refractivity (Wildman–Crippen MR) is 95.5 cm³/mol. The van der Waals surface area contributed by atoms with Crippen molar-refractivity contribution in [2.75, 3.05) is 19.7 Å². The molecular weight excluding hydrogens is 407 g/mol. The van der Waals surface area contributed by atoms with E-state index in [1.165, 1.54) is 17.0 Å². The number of morpholine rings is 1. The largest absolute Gasteiger partial charge is 0.454 e. The summed E-state index contributed by atoms with van der Waals surface area (Å²) < 4.78 is 25.9. The smallest absolute Gasteiger partial charge is 0.254 e. The number of primary amides is 1. The molecule has 3 rings (SSSR count). The highest BCUT2D eigenvalue weighted by molar-refractivity contribution is 9.10. The maximum atomic E-state index is 14.3. The molecule has 1 aliphatic rings. The Bertz CT molecular complexity index is 828. The van der Waals surface area contributed by atoms with E-state index in [0.29, 0.717) is 12.3 Å². The zero-order valence-electron chi connectivity index (χ0n) is 13.7. The van der Waals surface area contributed by atoms with Gasteiger partial charge in [-0.3, -0.25) is 9.59 Å². The minimum atomic E-state index is -0.849. The molecule has 2 aromatic carbocycles. The van der Waals surface area contributed by atoms with Gasteiger partial charge in [0.25, 0.3) is 5.91 Å². The normalized spacial score (nSPS) is 17.0. The van der Waals surface area contributed by atoms with Gasteiger partial charge in [-0.25, -0.2) is 4.39 Å². The Kier molecular flexibility index (Phi) is 5.53. The van der Waals surface area contributed by atoms with Crippen molar-refractivity contribution in [3.8, 4) is 11.5 Å². The van der Waals surface area contributed by atoms with Gasteiger partial charge in [0.2, 0.25) is 5.91 Å². The third kappa shape index (κ3) is 4.20. The Labute approximate surface area is 157 Å². The molecule has 2 N–H and O–H groups in total. The molecule has 0 aromatic heterocycles. The predicted octanol–water partition coefficient (Wildman–Crippen LogP) is 2.71. The number of hydrogen-bond donors (Lipinski definition) is 1. The fourth-order valence-electron chi connectivity index (χ4n) is 2.53. The molecule has 0 aliphatic carbocycles. The lowest BCUT2D eigenvalue weighted by Crippen LogP contribution is -2.50. The van der Waals surface area contributed by atoms with E-state index >= 15 is 0 Å². The summed E-state index contributed by atoms with van der Waals surface area (Å²) in [6.45, 7) is 0.556. The lowest BCUT2D eigenvalue weighted by atomic mass is 10.1. The molecule has 2 aromatic rings. The molecule has 26 heavy (non-hydrogen) atoms. The molecule has 2 amide bonds. The van der Waals surface area contributed by atoms with Crippen LogP contribution in [0.3, 0.4) is 0 Å². The van der Waals surface area contributed by atoms with Crippen LogP contribution < -0.4 is 10.5 Å². The molecule has 0 spiro atoms. The number of carbonyl (C=O) groups excluding carboxylic acids is 2. The lowest BCUT2D eigenvalue weighted by Gasteiger charge is -2.31. The second-order valence-electron chi connectivity index (χ2n) is 5.71. The van der Waals surface area contributed by atoms with Crippen molar-refractivity contribution in [1.29, 1.82) is 0 Å². The Morgan fingerprint density at radius 3 is 2.62 bits per heavy atom. The molecule has 1 aliphatic heterocycles. The average Bonchev–Trinajstić information content (AvgIpc) is 2.64. The summed E-state index contributed by atoms with van der Waals surface area (Å²) in [6, 6.07) is 10.9. The number of nitrogens with zero attached hydrogens (tertiary/aromatic N) is 1. The van der Waals surface area contributed by atoms with Gasteiger partial charge in [0, 0.05) is 16.6 Å². The molecule has 8 heteroatoms. The molecule has 136 valence electrons. The molecular formula is C18H16BrFN2O4. The van der Waals surface area contributed by atoms with Crippen molar-refractivity contribution >= 4 is 27.7 Å². The Morgan fingerprint density at radius 1 is 1.23 bits per heavy atom. The molecule has 1 saturated heterocycles. The molecule has 1 atom stereocenters. The molecule has 1 fully saturated rings. The van der Waals surface area contributed by atoms with Crippen molar-refractivity contribution in [2.24, 2.45) is 5.73 Å². The van der Waals surface area contributed by atoms with Crippen LogP contribution in [0.1, 0.15) is 10.4 Å². The van der Waals surface area contributed by atoms with Crippen LogP contribution in [0.25, 0.3) is 0 Å². The van der Waals surface area contributed by atoms with Crippen LogP contribution in [-0.2, 0) is 9.53 Å². The van der Waals surface area contributed by atoms with E-state index in [1.807, 2.05) is 0 Å². The zero-order valence-corrected chi connectivity index (χ0v) is 15.2. The van der Waals surface area contributed by atoms with E-state index in [0.717, 1.165) is 10.5 Å². The molecule has 0 bridgehead atoms. The summed E-state index contributed by atoms with van der Waals surface area (Å²) in [6.07, 6.45) is -0.849. The monoisotopic (exact) mass is 422 g/mol. The minimum absolute atomic E-state index is 0.0147. The lowest BCUT2D eigenvalue weighted by molar-refractivity contribution is -0.133. The van der Waals surface area contributed by atoms with Crippen LogP contribution in [0.5, 0.6) is 11.5 Å². The van der Waals surface area contributed by atoms with Gasteiger partial charge in [-0.05, 0) is 42.5 Å². The SMILES string of the molecule is NC(=O)C1CN(C(=O)c2ccc(Oc3ccc(Br)cc3)c(F)c2)CCO1. The fourth-order valence-corrected chi connectivity index (χ4v) is 2.80. The molecule has 0 radical (unpaired) electrons. The quantitative estimate of drug-likeness (QED) is 0.820. The van der Waals surface area contributed by atoms with E-state index < -0.39 is 23.7 Å². The van der Waals surface area contributed by atoms with Gasteiger partial charge in [-0.2, -0.15) is 0 Å². The van der Waals surface area contributed by atoms with Gasteiger partial charge in [-0.1, -0.05) is 15.9 Å². The van der Waals surface area contributed by atoms with Crippen LogP contribution >= 0.6 is 15.9 Å². The summed E-state index contributed by atoms with van der Waals surface area (Å²) in [5.41, 5.74) is 5.38. The van der Waals surface area contributed by atoms with Gasteiger partial charge < -0.3 is 20.1 Å². The highest BCUT2D eigenvalue weighted by Gasteiger charge is 2.28. The number of benzene rings is 2.